The van der Waals surface area contributed by atoms with Gasteiger partial charge in [0.1, 0.15) is 11.5 Å². The molecule has 27 heavy (non-hydrogen) atoms. The molecule has 0 spiro atoms. The number of nitrogens with one attached hydrogen (secondary N) is 2. The number of rotatable bonds is 7. The number of aryl methyl sites for hydroxylation is 1. The van der Waals surface area contributed by atoms with Crippen LogP contribution in [0.15, 0.2) is 29.2 Å². The maximum Gasteiger partial charge on any atom is 0.293 e. The lowest BCUT2D eigenvalue weighted by Crippen LogP contribution is -2.37. The number of ether oxygens (including phenoxy) is 2. The van der Waals surface area contributed by atoms with Gasteiger partial charge in [0.15, 0.2) is 5.82 Å². The summed E-state index contributed by atoms with van der Waals surface area (Å²) in [7, 11) is 3.24. The average Bonchev–Trinajstić information content (AvgIpc) is 2.73. The first-order valence-corrected chi connectivity index (χ1v) is 9.43. The highest BCUT2D eigenvalue weighted by Gasteiger charge is 2.19. The van der Waals surface area contributed by atoms with Crippen molar-refractivity contribution in [2.24, 2.45) is 0 Å². The van der Waals surface area contributed by atoms with Crippen LogP contribution in [-0.4, -0.2) is 36.9 Å². The summed E-state index contributed by atoms with van der Waals surface area (Å²) in [6, 6.07) is 5.81. The van der Waals surface area contributed by atoms with Gasteiger partial charge in [0.2, 0.25) is 0 Å². The summed E-state index contributed by atoms with van der Waals surface area (Å²) in [6.45, 7) is 4.33. The van der Waals surface area contributed by atoms with Crippen LogP contribution in [0.3, 0.4) is 0 Å². The Balaban J connectivity index is 1.85. The molecular formula is C20H28N4O3. The maximum atomic E-state index is 13.0. The van der Waals surface area contributed by atoms with Crippen LogP contribution in [-0.2, 0) is 13.0 Å². The molecule has 1 fully saturated rings. The molecule has 2 heterocycles. The summed E-state index contributed by atoms with van der Waals surface area (Å²) in [5.41, 5.74) is 1.77. The highest BCUT2D eigenvalue weighted by Crippen LogP contribution is 2.25. The lowest BCUT2D eigenvalue weighted by Gasteiger charge is -2.25. The number of piperidine rings is 1. The number of anilines is 1. The topological polar surface area (TPSA) is 77.4 Å². The van der Waals surface area contributed by atoms with Crippen LogP contribution in [0.25, 0.3) is 0 Å². The Morgan fingerprint density at radius 3 is 2.85 bits per heavy atom. The Labute approximate surface area is 159 Å². The molecule has 0 radical (unpaired) electrons. The third-order valence-corrected chi connectivity index (χ3v) is 4.95. The predicted octanol–water partition coefficient (Wildman–Crippen LogP) is 2.36. The number of hydrogen-bond acceptors (Lipinski definition) is 6. The number of aromatic nitrogens is 2. The van der Waals surface area contributed by atoms with Gasteiger partial charge in [0.05, 0.1) is 19.9 Å². The fraction of sp³-hybridized carbons (Fsp3) is 0.500. The largest absolute Gasteiger partial charge is 0.497 e. The zero-order valence-electron chi connectivity index (χ0n) is 16.2. The molecule has 0 bridgehead atoms. The Bertz CT molecular complexity index is 828. The molecule has 1 aliphatic heterocycles. The van der Waals surface area contributed by atoms with Crippen molar-refractivity contribution < 1.29 is 9.47 Å². The normalized spacial score (nSPS) is 16.8. The fourth-order valence-electron chi connectivity index (χ4n) is 3.37. The molecule has 7 nitrogen and oxygen atoms in total. The van der Waals surface area contributed by atoms with E-state index < -0.39 is 0 Å². The van der Waals surface area contributed by atoms with Crippen molar-refractivity contribution in [3.8, 4) is 11.5 Å². The minimum absolute atomic E-state index is 0.0756. The molecule has 7 heteroatoms. The Morgan fingerprint density at radius 1 is 1.33 bits per heavy atom. The summed E-state index contributed by atoms with van der Waals surface area (Å²) in [4.78, 5) is 17.5. The molecule has 0 aliphatic carbocycles. The van der Waals surface area contributed by atoms with Crippen LogP contribution in [0.4, 0.5) is 5.82 Å². The third-order valence-electron chi connectivity index (χ3n) is 4.95. The summed E-state index contributed by atoms with van der Waals surface area (Å²) < 4.78 is 12.5. The van der Waals surface area contributed by atoms with Crippen LogP contribution in [0.5, 0.6) is 11.5 Å². The first-order chi connectivity index (χ1) is 13.2. The molecule has 3 rings (SSSR count). The third kappa shape index (κ3) is 4.42. The second kappa shape index (κ2) is 8.90. The molecule has 146 valence electrons. The second-order valence-electron chi connectivity index (χ2n) is 6.68. The molecule has 2 N–H and O–H groups in total. The first kappa shape index (κ1) is 19.2. The summed E-state index contributed by atoms with van der Waals surface area (Å²) in [6.07, 6.45) is 4.76. The summed E-state index contributed by atoms with van der Waals surface area (Å²) in [5, 5.41) is 6.58. The van der Waals surface area contributed by atoms with Gasteiger partial charge in [-0.15, -0.1) is 0 Å². The van der Waals surface area contributed by atoms with Gasteiger partial charge < -0.3 is 24.7 Å². The van der Waals surface area contributed by atoms with Crippen LogP contribution in [0.2, 0.25) is 0 Å². The minimum atomic E-state index is -0.0756. The number of hydrogen-bond donors (Lipinski definition) is 2. The van der Waals surface area contributed by atoms with E-state index >= 15 is 0 Å². The number of benzene rings is 1. The summed E-state index contributed by atoms with van der Waals surface area (Å²) >= 11 is 0. The minimum Gasteiger partial charge on any atom is -0.497 e. The van der Waals surface area contributed by atoms with E-state index in [1.54, 1.807) is 14.2 Å². The summed E-state index contributed by atoms with van der Waals surface area (Å²) in [5.74, 6) is 1.83. The van der Waals surface area contributed by atoms with E-state index in [-0.39, 0.29) is 11.6 Å². The van der Waals surface area contributed by atoms with Gasteiger partial charge in [-0.3, -0.25) is 4.79 Å². The monoisotopic (exact) mass is 372 g/mol. The van der Waals surface area contributed by atoms with Gasteiger partial charge in [-0.1, -0.05) is 6.92 Å². The molecule has 2 aromatic rings. The van der Waals surface area contributed by atoms with E-state index in [0.29, 0.717) is 18.1 Å². The SMILES string of the molecule is CCc1cn(C2CCCNC2)c(=O)c(NCc2ccc(OC)cc2OC)n1. The quantitative estimate of drug-likeness (QED) is 0.777. The molecule has 1 aromatic heterocycles. The van der Waals surface area contributed by atoms with Gasteiger partial charge in [-0.25, -0.2) is 4.98 Å². The molecule has 0 amide bonds. The lowest BCUT2D eigenvalue weighted by molar-refractivity contribution is 0.362. The highest BCUT2D eigenvalue weighted by atomic mass is 16.5. The molecule has 1 aromatic carbocycles. The molecule has 1 saturated heterocycles. The Kier molecular flexibility index (Phi) is 6.34. The zero-order chi connectivity index (χ0) is 19.2. The first-order valence-electron chi connectivity index (χ1n) is 9.43. The number of methoxy groups -OCH3 is 2. The molecule has 1 atom stereocenters. The Morgan fingerprint density at radius 2 is 2.19 bits per heavy atom. The second-order valence-corrected chi connectivity index (χ2v) is 6.68. The van der Waals surface area contributed by atoms with Crippen molar-refractivity contribution in [1.29, 1.82) is 0 Å². The van der Waals surface area contributed by atoms with E-state index in [4.69, 9.17) is 9.47 Å². The molecular weight excluding hydrogens is 344 g/mol. The van der Waals surface area contributed by atoms with E-state index in [1.165, 1.54) is 0 Å². The van der Waals surface area contributed by atoms with Crippen molar-refractivity contribution in [3.05, 3.63) is 46.0 Å². The average molecular weight is 372 g/mol. The smallest absolute Gasteiger partial charge is 0.293 e. The molecule has 0 saturated carbocycles. The van der Waals surface area contributed by atoms with Crippen LogP contribution in [0.1, 0.15) is 37.1 Å². The van der Waals surface area contributed by atoms with E-state index in [1.807, 2.05) is 35.9 Å². The van der Waals surface area contributed by atoms with Crippen molar-refractivity contribution in [2.75, 3.05) is 32.6 Å². The van der Waals surface area contributed by atoms with E-state index in [2.05, 4.69) is 15.6 Å². The van der Waals surface area contributed by atoms with Gasteiger partial charge in [0, 0.05) is 37.0 Å². The van der Waals surface area contributed by atoms with Crippen molar-refractivity contribution in [1.82, 2.24) is 14.9 Å². The number of nitrogens with zero attached hydrogens (tertiary/aromatic N) is 2. The predicted molar refractivity (Wildman–Crippen MR) is 106 cm³/mol. The van der Waals surface area contributed by atoms with E-state index in [0.717, 1.165) is 49.4 Å². The van der Waals surface area contributed by atoms with E-state index in [9.17, 15) is 4.79 Å². The van der Waals surface area contributed by atoms with Crippen molar-refractivity contribution in [2.45, 2.75) is 38.8 Å². The fourth-order valence-corrected chi connectivity index (χ4v) is 3.37. The standard InChI is InChI=1S/C20H28N4O3/c1-4-15-13-24(16-6-5-9-21-12-16)20(25)19(23-15)22-11-14-7-8-17(26-2)10-18(14)27-3/h7-8,10,13,16,21H,4-6,9,11-12H2,1-3H3,(H,22,23). The molecule has 1 unspecified atom stereocenters. The maximum absolute atomic E-state index is 13.0. The van der Waals surface area contributed by atoms with Gasteiger partial charge >= 0.3 is 0 Å². The zero-order valence-corrected chi connectivity index (χ0v) is 16.2. The van der Waals surface area contributed by atoms with Crippen LogP contribution >= 0.6 is 0 Å². The lowest BCUT2D eigenvalue weighted by atomic mass is 10.1. The van der Waals surface area contributed by atoms with Gasteiger partial charge in [0.25, 0.3) is 5.56 Å². The van der Waals surface area contributed by atoms with Gasteiger partial charge in [-0.05, 0) is 37.9 Å². The highest BCUT2D eigenvalue weighted by molar-refractivity contribution is 5.43. The van der Waals surface area contributed by atoms with Crippen molar-refractivity contribution in [3.63, 3.8) is 0 Å². The Hall–Kier alpha value is -2.54. The van der Waals surface area contributed by atoms with Crippen molar-refractivity contribution >= 4 is 5.82 Å². The van der Waals surface area contributed by atoms with Gasteiger partial charge in [-0.2, -0.15) is 0 Å². The van der Waals surface area contributed by atoms with Crippen LogP contribution < -0.4 is 25.7 Å². The van der Waals surface area contributed by atoms with Crippen LogP contribution in [0, 0.1) is 0 Å². The molecule has 1 aliphatic rings.